The van der Waals surface area contributed by atoms with Crippen LogP contribution in [0.4, 0.5) is 21.6 Å². The predicted octanol–water partition coefficient (Wildman–Crippen LogP) is 5.56. The summed E-state index contributed by atoms with van der Waals surface area (Å²) in [6.45, 7) is 2.89. The van der Waals surface area contributed by atoms with E-state index in [4.69, 9.17) is 21.1 Å². The lowest BCUT2D eigenvalue weighted by molar-refractivity contribution is -0.111. The molecular formula is C28H31ClFN5O3. The number of benzene rings is 2. The SMILES string of the molecule is CN(C/C=C/C(=O)Nc1cc2c(Nc3ccc(F)c(Cl)c3)ncnc2cc1OCC1CC1)C[C@@H]1CCCO1. The largest absolute Gasteiger partial charge is 0.491 e. The Balaban J connectivity index is 1.33. The van der Waals surface area contributed by atoms with E-state index in [0.29, 0.717) is 52.9 Å². The van der Waals surface area contributed by atoms with Crippen LogP contribution in [0, 0.1) is 11.7 Å². The number of carbonyl (C=O) groups excluding carboxylic acids is 1. The number of aromatic nitrogens is 2. The monoisotopic (exact) mass is 539 g/mol. The first-order chi connectivity index (χ1) is 18.4. The predicted molar refractivity (Wildman–Crippen MR) is 147 cm³/mol. The Morgan fingerprint density at radius 2 is 2.13 bits per heavy atom. The third-order valence-electron chi connectivity index (χ3n) is 6.57. The minimum atomic E-state index is -0.502. The van der Waals surface area contributed by atoms with Gasteiger partial charge in [-0.25, -0.2) is 14.4 Å². The lowest BCUT2D eigenvalue weighted by Crippen LogP contribution is -2.28. The zero-order valence-corrected chi connectivity index (χ0v) is 22.0. The van der Waals surface area contributed by atoms with Gasteiger partial charge in [-0.05, 0) is 62.9 Å². The van der Waals surface area contributed by atoms with Gasteiger partial charge in [-0.15, -0.1) is 0 Å². The van der Waals surface area contributed by atoms with E-state index in [0.717, 1.165) is 38.8 Å². The smallest absolute Gasteiger partial charge is 0.248 e. The molecule has 5 rings (SSSR count). The molecule has 1 amide bonds. The number of nitrogens with one attached hydrogen (secondary N) is 2. The first-order valence-electron chi connectivity index (χ1n) is 12.9. The van der Waals surface area contributed by atoms with Crippen LogP contribution in [0.15, 0.2) is 48.8 Å². The van der Waals surface area contributed by atoms with Crippen molar-refractivity contribution in [3.8, 4) is 5.75 Å². The van der Waals surface area contributed by atoms with Crippen LogP contribution in [0.25, 0.3) is 10.9 Å². The molecule has 0 spiro atoms. The third kappa shape index (κ3) is 6.98. The minimum Gasteiger partial charge on any atom is -0.491 e. The molecule has 2 heterocycles. The van der Waals surface area contributed by atoms with Crippen LogP contribution in [0.1, 0.15) is 25.7 Å². The van der Waals surface area contributed by atoms with Crippen LogP contribution in [-0.4, -0.2) is 60.2 Å². The number of rotatable bonds is 11. The van der Waals surface area contributed by atoms with E-state index >= 15 is 0 Å². The molecule has 200 valence electrons. The van der Waals surface area contributed by atoms with Crippen molar-refractivity contribution in [2.75, 3.05) is 44.0 Å². The summed E-state index contributed by atoms with van der Waals surface area (Å²) in [4.78, 5) is 23.7. The zero-order chi connectivity index (χ0) is 26.5. The summed E-state index contributed by atoms with van der Waals surface area (Å²) in [5.74, 6) is 0.824. The van der Waals surface area contributed by atoms with Gasteiger partial charge in [-0.1, -0.05) is 17.7 Å². The summed E-state index contributed by atoms with van der Waals surface area (Å²) in [5, 5.41) is 6.79. The fraction of sp³-hybridized carbons (Fsp3) is 0.393. The fourth-order valence-electron chi connectivity index (χ4n) is 4.33. The van der Waals surface area contributed by atoms with E-state index in [1.165, 1.54) is 24.5 Å². The molecule has 2 fully saturated rings. The van der Waals surface area contributed by atoms with Crippen LogP contribution in [0.3, 0.4) is 0 Å². The van der Waals surface area contributed by atoms with E-state index in [2.05, 4.69) is 25.5 Å². The number of hydrogen-bond acceptors (Lipinski definition) is 7. The van der Waals surface area contributed by atoms with Crippen LogP contribution >= 0.6 is 11.6 Å². The number of halogens is 2. The van der Waals surface area contributed by atoms with Gasteiger partial charge in [0.25, 0.3) is 0 Å². The Morgan fingerprint density at radius 3 is 2.89 bits per heavy atom. The highest BCUT2D eigenvalue weighted by Crippen LogP contribution is 2.36. The number of fused-ring (bicyclic) bond motifs is 1. The Hall–Kier alpha value is -3.27. The molecule has 3 aromatic rings. The van der Waals surface area contributed by atoms with E-state index in [-0.39, 0.29) is 17.0 Å². The van der Waals surface area contributed by atoms with Crippen LogP contribution in [-0.2, 0) is 9.53 Å². The van der Waals surface area contributed by atoms with Gasteiger partial charge in [0.05, 0.1) is 28.9 Å². The molecule has 1 aliphatic carbocycles. The molecule has 1 saturated heterocycles. The number of ether oxygens (including phenoxy) is 2. The first-order valence-corrected chi connectivity index (χ1v) is 13.2. The van der Waals surface area contributed by atoms with Crippen molar-refractivity contribution in [3.05, 3.63) is 59.7 Å². The molecule has 38 heavy (non-hydrogen) atoms. The number of likely N-dealkylation sites (N-methyl/N-ethyl adjacent to an activating group) is 1. The number of anilines is 3. The topological polar surface area (TPSA) is 88.6 Å². The summed E-state index contributed by atoms with van der Waals surface area (Å²) in [5.41, 5.74) is 1.74. The van der Waals surface area contributed by atoms with Crippen molar-refractivity contribution in [2.45, 2.75) is 31.8 Å². The zero-order valence-electron chi connectivity index (χ0n) is 21.3. The number of carbonyl (C=O) groups is 1. The van der Waals surface area contributed by atoms with Crippen LogP contribution in [0.2, 0.25) is 5.02 Å². The maximum absolute atomic E-state index is 13.6. The molecule has 10 heteroatoms. The van der Waals surface area contributed by atoms with Crippen molar-refractivity contribution in [1.82, 2.24) is 14.9 Å². The Morgan fingerprint density at radius 1 is 1.26 bits per heavy atom. The fourth-order valence-corrected chi connectivity index (χ4v) is 4.51. The second-order valence-corrected chi connectivity index (χ2v) is 10.3. The van der Waals surface area contributed by atoms with Gasteiger partial charge in [-0.2, -0.15) is 0 Å². The summed E-state index contributed by atoms with van der Waals surface area (Å²) in [7, 11) is 2.01. The number of hydrogen-bond donors (Lipinski definition) is 2. The normalized spacial score (nSPS) is 17.4. The molecule has 1 aliphatic heterocycles. The van der Waals surface area contributed by atoms with Crippen molar-refractivity contribution in [2.24, 2.45) is 5.92 Å². The minimum absolute atomic E-state index is 0.00489. The average Bonchev–Trinajstić information content (AvgIpc) is 3.59. The van der Waals surface area contributed by atoms with Crippen LogP contribution < -0.4 is 15.4 Å². The Labute approximate surface area is 226 Å². The maximum Gasteiger partial charge on any atom is 0.248 e. The van der Waals surface area contributed by atoms with Gasteiger partial charge in [-0.3, -0.25) is 4.79 Å². The van der Waals surface area contributed by atoms with Gasteiger partial charge in [0, 0.05) is 42.9 Å². The summed E-state index contributed by atoms with van der Waals surface area (Å²) < 4.78 is 25.4. The summed E-state index contributed by atoms with van der Waals surface area (Å²) in [6, 6.07) is 7.94. The molecule has 1 saturated carbocycles. The molecule has 0 radical (unpaired) electrons. The van der Waals surface area contributed by atoms with Crippen LogP contribution in [0.5, 0.6) is 5.75 Å². The number of nitrogens with zero attached hydrogens (tertiary/aromatic N) is 3. The molecule has 1 aromatic heterocycles. The van der Waals surface area contributed by atoms with E-state index in [1.807, 2.05) is 13.1 Å². The Bertz CT molecular complexity index is 1330. The van der Waals surface area contributed by atoms with E-state index in [1.54, 1.807) is 18.2 Å². The summed E-state index contributed by atoms with van der Waals surface area (Å²) >= 11 is 5.94. The van der Waals surface area contributed by atoms with Crippen molar-refractivity contribution in [3.63, 3.8) is 0 Å². The first kappa shape index (κ1) is 26.3. The molecule has 8 nitrogen and oxygen atoms in total. The molecule has 1 atom stereocenters. The van der Waals surface area contributed by atoms with Gasteiger partial charge < -0.3 is 25.0 Å². The molecule has 2 aromatic carbocycles. The maximum atomic E-state index is 13.6. The highest BCUT2D eigenvalue weighted by Gasteiger charge is 2.23. The quantitative estimate of drug-likeness (QED) is 0.308. The van der Waals surface area contributed by atoms with E-state index in [9.17, 15) is 9.18 Å². The average molecular weight is 540 g/mol. The Kier molecular flexibility index (Phi) is 8.36. The lowest BCUT2D eigenvalue weighted by atomic mass is 10.1. The van der Waals surface area contributed by atoms with Gasteiger partial charge in [0.15, 0.2) is 0 Å². The molecular weight excluding hydrogens is 509 g/mol. The molecule has 2 aliphatic rings. The van der Waals surface area contributed by atoms with Crippen molar-refractivity contribution >= 4 is 45.6 Å². The van der Waals surface area contributed by atoms with Gasteiger partial charge in [0.1, 0.15) is 23.7 Å². The summed E-state index contributed by atoms with van der Waals surface area (Å²) in [6.07, 6.45) is 9.55. The molecule has 0 bridgehead atoms. The highest BCUT2D eigenvalue weighted by molar-refractivity contribution is 6.31. The van der Waals surface area contributed by atoms with Crippen molar-refractivity contribution in [1.29, 1.82) is 0 Å². The molecule has 0 unspecified atom stereocenters. The van der Waals surface area contributed by atoms with E-state index < -0.39 is 5.82 Å². The van der Waals surface area contributed by atoms with Gasteiger partial charge >= 0.3 is 0 Å². The van der Waals surface area contributed by atoms with Gasteiger partial charge in [0.2, 0.25) is 5.91 Å². The molecule has 2 N–H and O–H groups in total. The highest BCUT2D eigenvalue weighted by atomic mass is 35.5. The second kappa shape index (κ2) is 12.1. The number of amides is 1. The lowest BCUT2D eigenvalue weighted by Gasteiger charge is -2.18. The van der Waals surface area contributed by atoms with Crippen molar-refractivity contribution < 1.29 is 18.7 Å². The third-order valence-corrected chi connectivity index (χ3v) is 6.86. The second-order valence-electron chi connectivity index (χ2n) is 9.84. The standard InChI is InChI=1S/C28H31ClFN5O3/c1-35(15-20-4-3-11-37-20)10-2-5-27(36)34-25-13-21-24(14-26(25)38-16-18-6-7-18)31-17-32-28(21)33-19-8-9-23(30)22(29)12-19/h2,5,8-9,12-14,17-18,20H,3-4,6-7,10-11,15-16H2,1H3,(H,34,36)(H,31,32,33)/b5-2+/t20-/m0/s1.